The van der Waals surface area contributed by atoms with Crippen LogP contribution in [0.5, 0.6) is 5.75 Å². The number of aliphatic hydroxyl groups excluding tert-OH is 2. The number of aromatic hydroxyl groups is 1. The first kappa shape index (κ1) is 38.5. The molecule has 2 fully saturated rings. The van der Waals surface area contributed by atoms with Crippen LogP contribution < -0.4 is 15.5 Å². The van der Waals surface area contributed by atoms with Crippen LogP contribution in [0.3, 0.4) is 0 Å². The maximum absolute atomic E-state index is 14.3. The highest BCUT2D eigenvalue weighted by Gasteiger charge is 2.64. The van der Waals surface area contributed by atoms with E-state index in [0.29, 0.717) is 61.2 Å². The van der Waals surface area contributed by atoms with Gasteiger partial charge in [0.05, 0.1) is 29.4 Å². The average Bonchev–Trinajstić information content (AvgIpc) is 3.59. The highest BCUT2D eigenvalue weighted by molar-refractivity contribution is 6.24. The third kappa shape index (κ3) is 6.11. The maximum Gasteiger partial charge on any atom is 0.255 e. The van der Waals surface area contributed by atoms with Crippen LogP contribution in [0.15, 0.2) is 63.8 Å². The van der Waals surface area contributed by atoms with Crippen molar-refractivity contribution in [3.63, 3.8) is 0 Å². The molecule has 4 atom stereocenters. The number of Topliss-reactive ketones (excluding diaryl/α,β-unsaturated/α-hetero) is 2. The van der Waals surface area contributed by atoms with Crippen molar-refractivity contribution in [1.82, 2.24) is 9.80 Å². The number of carbonyl (C=O) groups excluding carboxylic acids is 3. The number of benzene rings is 2. The minimum atomic E-state index is -2.72. The van der Waals surface area contributed by atoms with E-state index >= 15 is 0 Å². The molecule has 1 saturated carbocycles. The Morgan fingerprint density at radius 2 is 1.69 bits per heavy atom. The van der Waals surface area contributed by atoms with Crippen LogP contribution in [0, 0.1) is 17.7 Å². The van der Waals surface area contributed by atoms with Crippen LogP contribution in [0.1, 0.15) is 37.2 Å². The van der Waals surface area contributed by atoms with Gasteiger partial charge in [0.1, 0.15) is 40.2 Å². The third-order valence-corrected chi connectivity index (χ3v) is 11.1. The monoisotopic (exact) mass is 745 g/mol. The van der Waals surface area contributed by atoms with Gasteiger partial charge >= 0.3 is 0 Å². The molecule has 3 aromatic rings. The molecule has 13 nitrogen and oxygen atoms in total. The van der Waals surface area contributed by atoms with Crippen LogP contribution in [-0.4, -0.2) is 114 Å². The molecular formula is C40H48FN5O8. The predicted molar refractivity (Wildman–Crippen MR) is 202 cm³/mol. The molecule has 1 aliphatic heterocycles. The van der Waals surface area contributed by atoms with E-state index in [1.807, 2.05) is 43.8 Å². The van der Waals surface area contributed by atoms with Crippen molar-refractivity contribution >= 4 is 34.6 Å². The zero-order valence-corrected chi connectivity index (χ0v) is 31.4. The number of nitrogens with zero attached hydrogens (tertiary/aromatic N) is 4. The third-order valence-electron chi connectivity index (χ3n) is 11.1. The Morgan fingerprint density at radius 3 is 2.30 bits per heavy atom. The summed E-state index contributed by atoms with van der Waals surface area (Å²) in [5.74, 6) is -6.36. The number of nitrogens with two attached hydrogens (primary N) is 1. The first-order valence-corrected chi connectivity index (χ1v) is 18.2. The minimum Gasteiger partial charge on any atom is -0.508 e. The second-order valence-electron chi connectivity index (χ2n) is 14.5. The fraction of sp³-hybridized carbons (Fsp3) is 0.425. The number of likely N-dealkylation sites (N-methyl/N-ethyl adjacent to an activating group) is 1. The summed E-state index contributed by atoms with van der Waals surface area (Å²) < 4.78 is 20.6. The first-order valence-electron chi connectivity index (χ1n) is 18.2. The van der Waals surface area contributed by atoms with Crippen LogP contribution in [0.25, 0.3) is 17.1 Å². The summed E-state index contributed by atoms with van der Waals surface area (Å²) in [7, 11) is 6.74. The van der Waals surface area contributed by atoms with E-state index in [0.717, 1.165) is 0 Å². The van der Waals surface area contributed by atoms with Crippen molar-refractivity contribution < 1.29 is 43.6 Å². The lowest BCUT2D eigenvalue weighted by atomic mass is 9.57. The molecule has 54 heavy (non-hydrogen) atoms. The van der Waals surface area contributed by atoms with Gasteiger partial charge in [-0.3, -0.25) is 24.2 Å². The lowest BCUT2D eigenvalue weighted by molar-refractivity contribution is -0.153. The van der Waals surface area contributed by atoms with Gasteiger partial charge in [-0.05, 0) is 68.8 Å². The zero-order chi connectivity index (χ0) is 39.4. The number of amides is 1. The second-order valence-corrected chi connectivity index (χ2v) is 14.5. The highest BCUT2D eigenvalue weighted by atomic mass is 19.1. The molecule has 2 aromatic carbocycles. The number of phenolic OH excluding ortho intramolecular Hbond substituents is 1. The average molecular weight is 746 g/mol. The summed E-state index contributed by atoms with van der Waals surface area (Å²) in [6.07, 6.45) is 0.162. The first-order chi connectivity index (χ1) is 25.6. The van der Waals surface area contributed by atoms with Crippen molar-refractivity contribution in [2.24, 2.45) is 17.6 Å². The Balaban J connectivity index is 0.00000245. The van der Waals surface area contributed by atoms with Crippen LogP contribution in [0.2, 0.25) is 0 Å². The van der Waals surface area contributed by atoms with E-state index in [4.69, 9.17) is 10.2 Å². The number of primary amides is 1. The molecule has 4 aliphatic rings. The fourth-order valence-electron chi connectivity index (χ4n) is 8.56. The van der Waals surface area contributed by atoms with Crippen LogP contribution in [-0.2, 0) is 27.3 Å². The van der Waals surface area contributed by atoms with Crippen LogP contribution >= 0.6 is 0 Å². The van der Waals surface area contributed by atoms with Crippen molar-refractivity contribution in [3.05, 3.63) is 82.1 Å². The van der Waals surface area contributed by atoms with Gasteiger partial charge in [0.25, 0.3) is 5.91 Å². The normalized spacial score (nSPS) is 24.2. The second kappa shape index (κ2) is 14.6. The number of phenols is 1. The fourth-order valence-corrected chi connectivity index (χ4v) is 8.56. The molecule has 0 unspecified atom stereocenters. The van der Waals surface area contributed by atoms with E-state index < -0.39 is 58.0 Å². The summed E-state index contributed by atoms with van der Waals surface area (Å²) in [6.45, 7) is 7.11. The van der Waals surface area contributed by atoms with Crippen molar-refractivity contribution in [1.29, 1.82) is 0 Å². The van der Waals surface area contributed by atoms with E-state index in [9.17, 15) is 39.2 Å². The Bertz CT molecular complexity index is 2060. The molecular weight excluding hydrogens is 697 g/mol. The van der Waals surface area contributed by atoms with Crippen molar-refractivity contribution in [2.75, 3.05) is 64.2 Å². The number of carbonyl (C=O) groups is 3. The molecule has 14 heteroatoms. The molecule has 1 aromatic heterocycles. The van der Waals surface area contributed by atoms with Gasteiger partial charge in [0.15, 0.2) is 11.4 Å². The number of anilines is 2. The Morgan fingerprint density at radius 1 is 1.02 bits per heavy atom. The van der Waals surface area contributed by atoms with Crippen molar-refractivity contribution in [2.45, 2.75) is 44.9 Å². The molecule has 288 valence electrons. The SMILES string of the molecule is CC.CN(C)c1cc(-c2ccc(CN3CCN(c4ccccc4F)CC3)o2)c(O)c2c1C[C@H]1C[C@H]3[C@H](N(C)C)C(=O)C(C(N)=O)=C(O)[C@@]3(O)C(=O)C1=C2O. The molecule has 3 aliphatic carbocycles. The zero-order valence-electron chi connectivity index (χ0n) is 31.4. The maximum atomic E-state index is 14.3. The summed E-state index contributed by atoms with van der Waals surface area (Å²) in [6, 6.07) is 10.8. The van der Waals surface area contributed by atoms with Crippen LogP contribution in [0.4, 0.5) is 15.8 Å². The van der Waals surface area contributed by atoms with E-state index in [-0.39, 0.29) is 41.1 Å². The molecule has 7 rings (SSSR count). The van der Waals surface area contributed by atoms with Gasteiger partial charge in [0.2, 0.25) is 5.78 Å². The number of para-hydroxylation sites is 1. The molecule has 1 amide bonds. The molecule has 0 radical (unpaired) electrons. The number of halogens is 1. The number of furan rings is 1. The number of hydrogen-bond donors (Lipinski definition) is 5. The van der Waals surface area contributed by atoms with Crippen molar-refractivity contribution in [3.8, 4) is 17.1 Å². The number of ketones is 2. The van der Waals surface area contributed by atoms with Gasteiger partial charge in [-0.2, -0.15) is 0 Å². The predicted octanol–water partition coefficient (Wildman–Crippen LogP) is 3.78. The number of piperazine rings is 1. The van der Waals surface area contributed by atoms with E-state index in [2.05, 4.69) is 4.90 Å². The number of rotatable bonds is 7. The quantitative estimate of drug-likeness (QED) is 0.221. The molecule has 6 N–H and O–H groups in total. The highest BCUT2D eigenvalue weighted by Crippen LogP contribution is 2.55. The number of aliphatic hydroxyl groups is 3. The van der Waals surface area contributed by atoms with E-state index in [1.165, 1.54) is 11.0 Å². The molecule has 0 spiro atoms. The van der Waals surface area contributed by atoms with Gasteiger partial charge < -0.3 is 40.4 Å². The summed E-state index contributed by atoms with van der Waals surface area (Å²) in [4.78, 5) is 47.5. The van der Waals surface area contributed by atoms with Gasteiger partial charge in [-0.25, -0.2) is 4.39 Å². The van der Waals surface area contributed by atoms with Gasteiger partial charge in [-0.15, -0.1) is 0 Å². The summed E-state index contributed by atoms with van der Waals surface area (Å²) >= 11 is 0. The molecule has 1 saturated heterocycles. The largest absolute Gasteiger partial charge is 0.508 e. The lowest BCUT2D eigenvalue weighted by Gasteiger charge is -2.50. The Kier molecular flexibility index (Phi) is 10.4. The Labute approximate surface area is 313 Å². The lowest BCUT2D eigenvalue weighted by Crippen LogP contribution is -2.65. The molecule has 0 bridgehead atoms. The molecule has 2 heterocycles. The number of fused-ring (bicyclic) bond motifs is 3. The Hall–Kier alpha value is -5.18. The standard InChI is InChI=1S/C38H42FN5O8.C2H6/c1-41(2)26-17-22(27-10-9-20(52-27)18-43-11-13-44(14-12-43)25-8-6-5-7-24(25)39)32(45)29-21(26)15-19-16-23-31(42(3)4)34(47)30(37(40)50)36(49)38(23,51)35(48)28(19)33(29)46;1-2/h5-10,17,19,23,31,45-46,49,51H,11-16,18H2,1-4H3,(H2,40,50);1-2H3/t19-,23-,31-,38-;/m0./s1. The minimum absolute atomic E-state index is 0.00274. The topological polar surface area (TPSA) is 184 Å². The summed E-state index contributed by atoms with van der Waals surface area (Å²) in [5.41, 5.74) is 3.65. The number of hydrogen-bond acceptors (Lipinski definition) is 12. The van der Waals surface area contributed by atoms with Gasteiger partial charge in [-0.1, -0.05) is 26.0 Å². The van der Waals surface area contributed by atoms with E-state index in [1.54, 1.807) is 44.4 Å². The van der Waals surface area contributed by atoms with Gasteiger partial charge in [0, 0.05) is 57.5 Å². The summed E-state index contributed by atoms with van der Waals surface area (Å²) in [5, 5.41) is 46.7. The smallest absolute Gasteiger partial charge is 0.255 e.